The Hall–Kier alpha value is -2.00. The zero-order chi connectivity index (χ0) is 14.1. The zero-order valence-corrected chi connectivity index (χ0v) is 9.14. The first kappa shape index (κ1) is 14.1. The van der Waals surface area contributed by atoms with Crippen molar-refractivity contribution < 1.29 is 17.6 Å². The second-order valence-corrected chi connectivity index (χ2v) is 3.49. The Kier molecular flexibility index (Phi) is 3.67. The van der Waals surface area contributed by atoms with E-state index in [-0.39, 0.29) is 0 Å². The summed E-state index contributed by atoms with van der Waals surface area (Å²) < 4.78 is 49.9. The fourth-order valence-electron chi connectivity index (χ4n) is 1.09. The average Bonchev–Trinajstić information content (AvgIpc) is 2.25. The van der Waals surface area contributed by atoms with Gasteiger partial charge in [0.25, 0.3) is 5.56 Å². The monoisotopic (exact) mass is 270 g/mol. The molecule has 0 amide bonds. The summed E-state index contributed by atoms with van der Waals surface area (Å²) in [7, 11) is 1.18. The molecule has 4 N–H and O–H groups in total. The van der Waals surface area contributed by atoms with Gasteiger partial charge in [0, 0.05) is 7.05 Å². The molecule has 1 heterocycles. The second-order valence-electron chi connectivity index (χ2n) is 3.49. The third-order valence-electron chi connectivity index (χ3n) is 2.19. The van der Waals surface area contributed by atoms with E-state index in [4.69, 9.17) is 5.73 Å². The highest BCUT2D eigenvalue weighted by molar-refractivity contribution is 5.60. The minimum atomic E-state index is -4.31. The molecule has 0 aliphatic carbocycles. The minimum absolute atomic E-state index is 0.422. The summed E-state index contributed by atoms with van der Waals surface area (Å²) in [6.07, 6.45) is -3.88. The molecule has 102 valence electrons. The maximum absolute atomic E-state index is 12.6. The van der Waals surface area contributed by atoms with Crippen LogP contribution in [-0.4, -0.2) is 28.4 Å². The maximum Gasteiger partial charge on any atom is 0.329 e. The summed E-state index contributed by atoms with van der Waals surface area (Å²) in [5.74, 6) is -4.73. The molecule has 0 atom stereocenters. The summed E-state index contributed by atoms with van der Waals surface area (Å²) in [6.45, 7) is -1.48. The van der Waals surface area contributed by atoms with Gasteiger partial charge >= 0.3 is 18.0 Å². The standard InChI is InChI=1S/C8H10F4N4O2/c1-16-4(13)3(5(17)15-7(16)18)14-2-8(11,12)6(9)10/h6,14H,2,13H2,1H3,(H,15,17,18). The van der Waals surface area contributed by atoms with Crippen LogP contribution in [0.5, 0.6) is 0 Å². The van der Waals surface area contributed by atoms with E-state index in [2.05, 4.69) is 0 Å². The van der Waals surface area contributed by atoms with Gasteiger partial charge in [0.2, 0.25) is 0 Å². The number of anilines is 2. The lowest BCUT2D eigenvalue weighted by atomic mass is 10.3. The van der Waals surface area contributed by atoms with Crippen LogP contribution in [0.4, 0.5) is 29.1 Å². The molecule has 18 heavy (non-hydrogen) atoms. The Bertz CT molecular complexity index is 551. The second kappa shape index (κ2) is 4.70. The van der Waals surface area contributed by atoms with Gasteiger partial charge in [-0.1, -0.05) is 0 Å². The first-order valence-corrected chi connectivity index (χ1v) is 4.65. The van der Waals surface area contributed by atoms with E-state index in [0.717, 1.165) is 4.57 Å². The summed E-state index contributed by atoms with van der Waals surface area (Å²) in [5, 5.41) is 1.81. The third kappa shape index (κ3) is 2.63. The van der Waals surface area contributed by atoms with Crippen molar-refractivity contribution in [3.63, 3.8) is 0 Å². The SMILES string of the molecule is Cn1c(N)c(NCC(F)(F)C(F)F)c(=O)[nH]c1=O. The van der Waals surface area contributed by atoms with E-state index in [1.165, 1.54) is 7.05 Å². The number of hydrogen-bond acceptors (Lipinski definition) is 4. The van der Waals surface area contributed by atoms with Crippen LogP contribution in [-0.2, 0) is 7.05 Å². The number of nitrogen functional groups attached to an aromatic ring is 1. The lowest BCUT2D eigenvalue weighted by molar-refractivity contribution is -0.117. The van der Waals surface area contributed by atoms with Gasteiger partial charge in [-0.05, 0) is 0 Å². The predicted octanol–water partition coefficient (Wildman–Crippen LogP) is -0.0319. The Morgan fingerprint density at radius 2 is 2.00 bits per heavy atom. The molecule has 0 unspecified atom stereocenters. The topological polar surface area (TPSA) is 92.9 Å². The molecule has 0 fully saturated rings. The van der Waals surface area contributed by atoms with Crippen LogP contribution in [0.1, 0.15) is 0 Å². The van der Waals surface area contributed by atoms with Crippen molar-refractivity contribution in [1.29, 1.82) is 0 Å². The van der Waals surface area contributed by atoms with Gasteiger partial charge in [-0.3, -0.25) is 14.3 Å². The van der Waals surface area contributed by atoms with Crippen molar-refractivity contribution in [2.24, 2.45) is 7.05 Å². The summed E-state index contributed by atoms with van der Waals surface area (Å²) in [4.78, 5) is 24.1. The number of nitrogens with two attached hydrogens (primary N) is 1. The van der Waals surface area contributed by atoms with Crippen molar-refractivity contribution in [2.45, 2.75) is 12.3 Å². The molecule has 1 aromatic rings. The molecular formula is C8H10F4N4O2. The van der Waals surface area contributed by atoms with E-state index in [1.807, 2.05) is 5.32 Å². The van der Waals surface area contributed by atoms with E-state index in [1.54, 1.807) is 4.98 Å². The molecule has 0 spiro atoms. The molecule has 6 nitrogen and oxygen atoms in total. The fourth-order valence-corrected chi connectivity index (χ4v) is 1.09. The minimum Gasteiger partial charge on any atom is -0.383 e. The number of rotatable bonds is 4. The Morgan fingerprint density at radius 3 is 2.50 bits per heavy atom. The molecule has 0 aromatic carbocycles. The van der Waals surface area contributed by atoms with Crippen molar-refractivity contribution in [3.05, 3.63) is 20.8 Å². The Morgan fingerprint density at radius 1 is 1.44 bits per heavy atom. The van der Waals surface area contributed by atoms with Crippen LogP contribution >= 0.6 is 0 Å². The van der Waals surface area contributed by atoms with Crippen LogP contribution < -0.4 is 22.3 Å². The summed E-state index contributed by atoms with van der Waals surface area (Å²) in [6, 6.07) is 0. The van der Waals surface area contributed by atoms with E-state index < -0.39 is 41.6 Å². The maximum atomic E-state index is 12.6. The third-order valence-corrected chi connectivity index (χ3v) is 2.19. The molecule has 0 radical (unpaired) electrons. The van der Waals surface area contributed by atoms with E-state index >= 15 is 0 Å². The van der Waals surface area contributed by atoms with Crippen molar-refractivity contribution in [1.82, 2.24) is 9.55 Å². The van der Waals surface area contributed by atoms with Crippen molar-refractivity contribution >= 4 is 11.5 Å². The van der Waals surface area contributed by atoms with Gasteiger partial charge in [-0.2, -0.15) is 8.78 Å². The largest absolute Gasteiger partial charge is 0.383 e. The lowest BCUT2D eigenvalue weighted by Crippen LogP contribution is -2.38. The van der Waals surface area contributed by atoms with Gasteiger partial charge in [0.05, 0.1) is 6.54 Å². The zero-order valence-electron chi connectivity index (χ0n) is 9.14. The van der Waals surface area contributed by atoms with Crippen molar-refractivity contribution in [2.75, 3.05) is 17.6 Å². The molecule has 1 aromatic heterocycles. The predicted molar refractivity (Wildman–Crippen MR) is 56.2 cm³/mol. The number of alkyl halides is 4. The lowest BCUT2D eigenvalue weighted by Gasteiger charge is -2.17. The fraction of sp³-hybridized carbons (Fsp3) is 0.500. The highest BCUT2D eigenvalue weighted by atomic mass is 19.3. The van der Waals surface area contributed by atoms with E-state index in [9.17, 15) is 27.2 Å². The molecule has 1 rings (SSSR count). The first-order chi connectivity index (χ1) is 8.16. The number of nitrogens with one attached hydrogen (secondary N) is 2. The van der Waals surface area contributed by atoms with Crippen LogP contribution in [0.25, 0.3) is 0 Å². The molecule has 0 bridgehead atoms. The molecule has 10 heteroatoms. The summed E-state index contributed by atoms with van der Waals surface area (Å²) in [5.41, 5.74) is 2.88. The van der Waals surface area contributed by atoms with E-state index in [0.29, 0.717) is 0 Å². The molecule has 0 saturated carbocycles. The summed E-state index contributed by atoms with van der Waals surface area (Å²) >= 11 is 0. The number of H-pyrrole nitrogens is 1. The van der Waals surface area contributed by atoms with Gasteiger partial charge in [0.15, 0.2) is 0 Å². The van der Waals surface area contributed by atoms with Crippen LogP contribution in [0, 0.1) is 0 Å². The number of hydrogen-bond donors (Lipinski definition) is 3. The highest BCUT2D eigenvalue weighted by Crippen LogP contribution is 2.23. The van der Waals surface area contributed by atoms with Crippen LogP contribution in [0.2, 0.25) is 0 Å². The van der Waals surface area contributed by atoms with Gasteiger partial charge in [-0.25, -0.2) is 13.6 Å². The normalized spacial score (nSPS) is 11.9. The van der Waals surface area contributed by atoms with Crippen LogP contribution in [0.3, 0.4) is 0 Å². The highest BCUT2D eigenvalue weighted by Gasteiger charge is 2.40. The van der Waals surface area contributed by atoms with Gasteiger partial charge in [-0.15, -0.1) is 0 Å². The molecule has 0 aliphatic rings. The quantitative estimate of drug-likeness (QED) is 0.670. The smallest absolute Gasteiger partial charge is 0.329 e. The number of aromatic nitrogens is 2. The number of aromatic amines is 1. The Balaban J connectivity index is 3.04. The Labute approximate surface area is 97.4 Å². The van der Waals surface area contributed by atoms with Crippen molar-refractivity contribution in [3.8, 4) is 0 Å². The first-order valence-electron chi connectivity index (χ1n) is 4.65. The molecule has 0 aliphatic heterocycles. The van der Waals surface area contributed by atoms with Crippen LogP contribution in [0.15, 0.2) is 9.59 Å². The molecule has 0 saturated heterocycles. The van der Waals surface area contributed by atoms with Gasteiger partial charge in [0.1, 0.15) is 11.5 Å². The van der Waals surface area contributed by atoms with Gasteiger partial charge < -0.3 is 11.1 Å². The number of halogens is 4. The molecular weight excluding hydrogens is 260 g/mol. The average molecular weight is 270 g/mol. The number of nitrogens with zero attached hydrogens (tertiary/aromatic N) is 1.